The summed E-state index contributed by atoms with van der Waals surface area (Å²) < 4.78 is 1.77. The molecule has 0 spiro atoms. The number of nitrogens with one attached hydrogen (secondary N) is 1. The molecule has 2 atom stereocenters. The molecule has 4 rings (SSSR count). The van der Waals surface area contributed by atoms with E-state index in [0.717, 1.165) is 25.2 Å². The summed E-state index contributed by atoms with van der Waals surface area (Å²) in [4.78, 5) is 14.5. The number of carbonyl (C=O) groups is 1. The third kappa shape index (κ3) is 1.81. The summed E-state index contributed by atoms with van der Waals surface area (Å²) in [7, 11) is 0. The molecule has 4 heterocycles. The van der Waals surface area contributed by atoms with Gasteiger partial charge in [0.05, 0.1) is 5.52 Å². The first-order valence-corrected chi connectivity index (χ1v) is 7.19. The van der Waals surface area contributed by atoms with Crippen molar-refractivity contribution < 1.29 is 4.79 Å². The minimum absolute atomic E-state index is 0.0579. The van der Waals surface area contributed by atoms with Gasteiger partial charge in [0.2, 0.25) is 0 Å². The molecule has 0 aromatic carbocycles. The van der Waals surface area contributed by atoms with Crippen LogP contribution in [0.1, 0.15) is 22.5 Å². The second-order valence-corrected chi connectivity index (χ2v) is 5.92. The minimum atomic E-state index is 0.0579. The van der Waals surface area contributed by atoms with E-state index in [1.165, 1.54) is 12.0 Å². The molecule has 0 radical (unpaired) electrons. The first-order chi connectivity index (χ1) is 9.70. The number of hydrogen-bond donors (Lipinski definition) is 1. The Hall–Kier alpha value is -1.88. The molecule has 0 saturated carbocycles. The van der Waals surface area contributed by atoms with E-state index < -0.39 is 0 Å². The summed E-state index contributed by atoms with van der Waals surface area (Å²) >= 11 is 0. The van der Waals surface area contributed by atoms with Gasteiger partial charge < -0.3 is 10.2 Å². The minimum Gasteiger partial charge on any atom is -0.335 e. The van der Waals surface area contributed by atoms with Crippen molar-refractivity contribution in [3.63, 3.8) is 0 Å². The molecule has 2 aliphatic heterocycles. The van der Waals surface area contributed by atoms with Gasteiger partial charge in [-0.1, -0.05) is 0 Å². The van der Waals surface area contributed by atoms with Crippen LogP contribution in [0.25, 0.3) is 5.52 Å². The van der Waals surface area contributed by atoms with Crippen molar-refractivity contribution in [2.45, 2.75) is 19.4 Å². The molecule has 0 unspecified atom stereocenters. The highest BCUT2D eigenvalue weighted by molar-refractivity contribution is 5.93. The number of carbonyl (C=O) groups excluding carboxylic acids is 1. The molecule has 5 nitrogen and oxygen atoms in total. The Morgan fingerprint density at radius 2 is 2.30 bits per heavy atom. The highest BCUT2D eigenvalue weighted by atomic mass is 16.2. The molecule has 2 fully saturated rings. The number of amides is 1. The average molecular weight is 270 g/mol. The number of aromatic nitrogens is 2. The van der Waals surface area contributed by atoms with E-state index in [1.807, 2.05) is 36.2 Å². The number of fused-ring (bicyclic) bond motifs is 2. The zero-order valence-corrected chi connectivity index (χ0v) is 11.5. The molecule has 2 aromatic heterocycles. The van der Waals surface area contributed by atoms with Gasteiger partial charge in [0, 0.05) is 25.3 Å². The van der Waals surface area contributed by atoms with E-state index in [2.05, 4.69) is 10.4 Å². The summed E-state index contributed by atoms with van der Waals surface area (Å²) in [5.74, 6) is 0.681. The number of likely N-dealkylation sites (tertiary alicyclic amines) is 1. The number of nitrogens with zero attached hydrogens (tertiary/aromatic N) is 3. The van der Waals surface area contributed by atoms with Crippen LogP contribution in [0.15, 0.2) is 24.4 Å². The maximum absolute atomic E-state index is 12.6. The molecular weight excluding hydrogens is 252 g/mol. The Labute approximate surface area is 117 Å². The Morgan fingerprint density at radius 1 is 1.40 bits per heavy atom. The molecule has 20 heavy (non-hydrogen) atoms. The predicted molar refractivity (Wildman–Crippen MR) is 75.7 cm³/mol. The van der Waals surface area contributed by atoms with Crippen LogP contribution in [0, 0.1) is 12.8 Å². The van der Waals surface area contributed by atoms with Gasteiger partial charge in [-0.25, -0.2) is 4.52 Å². The number of pyridine rings is 1. The van der Waals surface area contributed by atoms with Crippen molar-refractivity contribution >= 4 is 11.4 Å². The fourth-order valence-corrected chi connectivity index (χ4v) is 3.39. The van der Waals surface area contributed by atoms with E-state index in [4.69, 9.17) is 0 Å². The van der Waals surface area contributed by atoms with Crippen molar-refractivity contribution in [2.75, 3.05) is 19.6 Å². The largest absolute Gasteiger partial charge is 0.335 e. The second-order valence-electron chi connectivity index (χ2n) is 5.92. The molecule has 5 heteroatoms. The van der Waals surface area contributed by atoms with E-state index in [-0.39, 0.29) is 5.91 Å². The van der Waals surface area contributed by atoms with Crippen molar-refractivity contribution in [2.24, 2.45) is 5.92 Å². The molecule has 104 valence electrons. The summed E-state index contributed by atoms with van der Waals surface area (Å²) in [5.41, 5.74) is 2.71. The Kier molecular flexibility index (Phi) is 2.57. The Balaban J connectivity index is 1.61. The fourth-order valence-electron chi connectivity index (χ4n) is 3.39. The van der Waals surface area contributed by atoms with Crippen LogP contribution in [0.2, 0.25) is 0 Å². The van der Waals surface area contributed by atoms with Gasteiger partial charge in [0.25, 0.3) is 5.91 Å². The van der Waals surface area contributed by atoms with Crippen molar-refractivity contribution in [1.29, 1.82) is 0 Å². The fraction of sp³-hybridized carbons (Fsp3) is 0.467. The molecule has 2 aromatic rings. The zero-order chi connectivity index (χ0) is 13.7. The lowest BCUT2D eigenvalue weighted by Crippen LogP contribution is -2.34. The maximum atomic E-state index is 12.6. The molecule has 0 aliphatic carbocycles. The smallest absolute Gasteiger partial charge is 0.274 e. The number of aryl methyl sites for hydroxylation is 1. The quantitative estimate of drug-likeness (QED) is 0.843. The van der Waals surface area contributed by atoms with Crippen molar-refractivity contribution in [3.05, 3.63) is 35.7 Å². The van der Waals surface area contributed by atoms with Crippen molar-refractivity contribution in [1.82, 2.24) is 19.8 Å². The predicted octanol–water partition coefficient (Wildman–Crippen LogP) is 1.08. The first kappa shape index (κ1) is 11.9. The maximum Gasteiger partial charge on any atom is 0.274 e. The Morgan fingerprint density at radius 3 is 3.15 bits per heavy atom. The number of rotatable bonds is 1. The van der Waals surface area contributed by atoms with E-state index in [0.29, 0.717) is 17.7 Å². The molecule has 2 saturated heterocycles. The first-order valence-electron chi connectivity index (χ1n) is 7.19. The summed E-state index contributed by atoms with van der Waals surface area (Å²) in [6.45, 7) is 4.81. The topological polar surface area (TPSA) is 49.6 Å². The van der Waals surface area contributed by atoms with Gasteiger partial charge in [0.15, 0.2) is 5.69 Å². The number of hydrogen-bond acceptors (Lipinski definition) is 3. The van der Waals surface area contributed by atoms with Crippen LogP contribution >= 0.6 is 0 Å². The normalized spacial score (nSPS) is 25.4. The van der Waals surface area contributed by atoms with Crippen LogP contribution in [0.4, 0.5) is 0 Å². The van der Waals surface area contributed by atoms with Crippen LogP contribution in [-0.4, -0.2) is 46.1 Å². The van der Waals surface area contributed by atoms with Gasteiger partial charge in [-0.3, -0.25) is 4.79 Å². The van der Waals surface area contributed by atoms with Gasteiger partial charge >= 0.3 is 0 Å². The van der Waals surface area contributed by atoms with Gasteiger partial charge in [0.1, 0.15) is 0 Å². The molecule has 2 aliphatic rings. The average Bonchev–Trinajstić information content (AvgIpc) is 3.10. The second kappa shape index (κ2) is 4.31. The lowest BCUT2D eigenvalue weighted by Gasteiger charge is -2.15. The van der Waals surface area contributed by atoms with Crippen molar-refractivity contribution in [3.8, 4) is 0 Å². The standard InChI is InChI=1S/C15H18N4O/c1-10-3-5-19-12(6-10)7-13(17-19)15(20)18-8-11-2-4-16-14(11)9-18/h3,5-7,11,14,16H,2,4,8-9H2,1H3/t11-,14+/m0/s1. The lowest BCUT2D eigenvalue weighted by atomic mass is 10.1. The van der Waals surface area contributed by atoms with E-state index in [9.17, 15) is 4.79 Å². The van der Waals surface area contributed by atoms with E-state index >= 15 is 0 Å². The Bertz CT molecular complexity index is 666. The summed E-state index contributed by atoms with van der Waals surface area (Å²) in [6, 6.07) is 6.41. The SMILES string of the molecule is Cc1ccn2nc(C(=O)N3C[C@@H]4CCN[C@@H]4C3)cc2c1. The van der Waals surface area contributed by atoms with Gasteiger partial charge in [-0.15, -0.1) is 0 Å². The van der Waals surface area contributed by atoms with Crippen LogP contribution in [0.5, 0.6) is 0 Å². The highest BCUT2D eigenvalue weighted by Crippen LogP contribution is 2.25. The molecular formula is C15H18N4O. The van der Waals surface area contributed by atoms with Gasteiger partial charge in [-0.05, 0) is 49.6 Å². The monoisotopic (exact) mass is 270 g/mol. The summed E-state index contributed by atoms with van der Waals surface area (Å²) in [5, 5.41) is 7.87. The third-order valence-corrected chi connectivity index (χ3v) is 4.49. The molecule has 1 amide bonds. The third-order valence-electron chi connectivity index (χ3n) is 4.49. The van der Waals surface area contributed by atoms with Gasteiger partial charge in [-0.2, -0.15) is 5.10 Å². The van der Waals surface area contributed by atoms with Crippen LogP contribution < -0.4 is 5.32 Å². The van der Waals surface area contributed by atoms with E-state index in [1.54, 1.807) is 4.52 Å². The lowest BCUT2D eigenvalue weighted by molar-refractivity contribution is 0.0776. The van der Waals surface area contributed by atoms with Crippen LogP contribution in [-0.2, 0) is 0 Å². The highest BCUT2D eigenvalue weighted by Gasteiger charge is 2.38. The zero-order valence-electron chi connectivity index (χ0n) is 11.5. The van der Waals surface area contributed by atoms with Crippen LogP contribution in [0.3, 0.4) is 0 Å². The summed E-state index contributed by atoms with van der Waals surface area (Å²) in [6.07, 6.45) is 3.08. The molecule has 0 bridgehead atoms. The molecule has 1 N–H and O–H groups in total.